The number of nitrogens with zero attached hydrogens (tertiary/aromatic N) is 2. The van der Waals surface area contributed by atoms with Crippen LogP contribution in [0.15, 0.2) is 46.6 Å². The molecule has 1 aliphatic rings. The average molecular weight is 289 g/mol. The van der Waals surface area contributed by atoms with E-state index in [-0.39, 0.29) is 5.54 Å². The summed E-state index contributed by atoms with van der Waals surface area (Å²) in [5.74, 6) is 0.977. The van der Waals surface area contributed by atoms with Crippen molar-refractivity contribution in [1.82, 2.24) is 9.97 Å². The maximum absolute atomic E-state index is 4.44. The van der Waals surface area contributed by atoms with E-state index < -0.39 is 0 Å². The Morgan fingerprint density at radius 1 is 1.32 bits per heavy atom. The zero-order valence-electron chi connectivity index (χ0n) is 10.9. The van der Waals surface area contributed by atoms with Crippen molar-refractivity contribution < 1.29 is 0 Å². The first kappa shape index (κ1) is 12.8. The molecule has 1 unspecified atom stereocenters. The summed E-state index contributed by atoms with van der Waals surface area (Å²) in [5, 5.41) is 3.60. The number of rotatable bonds is 3. The van der Waals surface area contributed by atoms with Gasteiger partial charge in [0.15, 0.2) is 0 Å². The van der Waals surface area contributed by atoms with Gasteiger partial charge in [-0.15, -0.1) is 23.5 Å². The van der Waals surface area contributed by atoms with Crippen molar-refractivity contribution in [3.05, 3.63) is 42.5 Å². The Bertz CT molecular complexity index is 585. The number of aromatic nitrogens is 2. The van der Waals surface area contributed by atoms with Crippen molar-refractivity contribution in [3.63, 3.8) is 0 Å². The minimum absolute atomic E-state index is 0.121. The van der Waals surface area contributed by atoms with E-state index in [2.05, 4.69) is 52.7 Å². The monoisotopic (exact) mass is 289 g/mol. The van der Waals surface area contributed by atoms with E-state index in [1.807, 2.05) is 18.0 Å². The van der Waals surface area contributed by atoms with Crippen molar-refractivity contribution in [2.24, 2.45) is 0 Å². The zero-order valence-corrected chi connectivity index (χ0v) is 12.5. The van der Waals surface area contributed by atoms with Gasteiger partial charge in [-0.3, -0.25) is 0 Å². The van der Waals surface area contributed by atoms with Gasteiger partial charge in [0, 0.05) is 27.4 Å². The normalized spacial score (nSPS) is 21.2. The Labute approximate surface area is 121 Å². The Balaban J connectivity index is 1.86. The van der Waals surface area contributed by atoms with E-state index in [9.17, 15) is 0 Å². The molecule has 0 aliphatic carbocycles. The van der Waals surface area contributed by atoms with Crippen molar-refractivity contribution >= 4 is 29.2 Å². The number of hydrogen-bond acceptors (Lipinski definition) is 5. The number of anilines is 1. The zero-order chi connectivity index (χ0) is 13.3. The van der Waals surface area contributed by atoms with E-state index in [1.165, 1.54) is 9.79 Å². The SMILES string of the molecule is CSc1ccc(NC2(C)CSc3cncnc32)cc1. The lowest BCUT2D eigenvalue weighted by Crippen LogP contribution is -2.32. The highest BCUT2D eigenvalue weighted by Crippen LogP contribution is 2.42. The molecule has 0 radical (unpaired) electrons. The first-order chi connectivity index (χ1) is 9.21. The van der Waals surface area contributed by atoms with Gasteiger partial charge in [-0.25, -0.2) is 9.97 Å². The summed E-state index contributed by atoms with van der Waals surface area (Å²) in [7, 11) is 0. The van der Waals surface area contributed by atoms with Crippen LogP contribution in [0.4, 0.5) is 5.69 Å². The molecular weight excluding hydrogens is 274 g/mol. The van der Waals surface area contributed by atoms with Gasteiger partial charge in [-0.2, -0.15) is 0 Å². The van der Waals surface area contributed by atoms with Crippen LogP contribution in [0.5, 0.6) is 0 Å². The third kappa shape index (κ3) is 2.44. The molecule has 0 amide bonds. The minimum Gasteiger partial charge on any atom is -0.373 e. The highest BCUT2D eigenvalue weighted by atomic mass is 32.2. The summed E-state index contributed by atoms with van der Waals surface area (Å²) < 4.78 is 0. The Kier molecular flexibility index (Phi) is 3.41. The Morgan fingerprint density at radius 3 is 2.84 bits per heavy atom. The van der Waals surface area contributed by atoms with Crippen LogP contribution in [0.2, 0.25) is 0 Å². The summed E-state index contributed by atoms with van der Waals surface area (Å²) in [6.45, 7) is 2.20. The fraction of sp³-hybridized carbons (Fsp3) is 0.286. The van der Waals surface area contributed by atoms with E-state index in [4.69, 9.17) is 0 Å². The van der Waals surface area contributed by atoms with Crippen molar-refractivity contribution in [2.75, 3.05) is 17.3 Å². The van der Waals surface area contributed by atoms with Crippen LogP contribution in [0, 0.1) is 0 Å². The molecule has 0 spiro atoms. The summed E-state index contributed by atoms with van der Waals surface area (Å²) >= 11 is 3.57. The van der Waals surface area contributed by atoms with Crippen LogP contribution >= 0.6 is 23.5 Å². The number of thioether (sulfide) groups is 2. The predicted molar refractivity (Wildman–Crippen MR) is 82.0 cm³/mol. The number of hydrogen-bond donors (Lipinski definition) is 1. The van der Waals surface area contributed by atoms with Gasteiger partial charge in [0.05, 0.1) is 11.2 Å². The molecule has 19 heavy (non-hydrogen) atoms. The lowest BCUT2D eigenvalue weighted by atomic mass is 10.00. The third-order valence-corrected chi connectivity index (χ3v) is 5.30. The molecule has 3 nitrogen and oxygen atoms in total. The molecule has 1 aliphatic heterocycles. The van der Waals surface area contributed by atoms with Crippen LogP contribution in [-0.2, 0) is 5.54 Å². The van der Waals surface area contributed by atoms with Crippen LogP contribution in [0.25, 0.3) is 0 Å². The van der Waals surface area contributed by atoms with Crippen LogP contribution in [0.1, 0.15) is 12.6 Å². The lowest BCUT2D eigenvalue weighted by molar-refractivity contribution is 0.597. The van der Waals surface area contributed by atoms with Gasteiger partial charge in [-0.1, -0.05) is 0 Å². The average Bonchev–Trinajstić information content (AvgIpc) is 2.78. The Morgan fingerprint density at radius 2 is 2.11 bits per heavy atom. The molecule has 0 saturated carbocycles. The van der Waals surface area contributed by atoms with E-state index in [0.717, 1.165) is 17.1 Å². The molecule has 0 saturated heterocycles. The van der Waals surface area contributed by atoms with Crippen LogP contribution in [-0.4, -0.2) is 22.0 Å². The van der Waals surface area contributed by atoms with Gasteiger partial charge < -0.3 is 5.32 Å². The molecule has 0 bridgehead atoms. The first-order valence-corrected chi connectivity index (χ1v) is 8.28. The maximum atomic E-state index is 4.44. The minimum atomic E-state index is -0.121. The van der Waals surface area contributed by atoms with E-state index in [0.29, 0.717) is 0 Å². The molecule has 5 heteroatoms. The fourth-order valence-corrected chi connectivity index (χ4v) is 3.83. The molecule has 1 aromatic heterocycles. The van der Waals surface area contributed by atoms with Crippen molar-refractivity contribution in [2.45, 2.75) is 22.3 Å². The fourth-order valence-electron chi connectivity index (χ4n) is 2.22. The molecule has 98 valence electrons. The van der Waals surface area contributed by atoms with Crippen molar-refractivity contribution in [1.29, 1.82) is 0 Å². The second-order valence-corrected chi connectivity index (χ2v) is 6.61. The lowest BCUT2D eigenvalue weighted by Gasteiger charge is -2.26. The number of nitrogens with one attached hydrogen (secondary N) is 1. The van der Waals surface area contributed by atoms with Gasteiger partial charge in [0.1, 0.15) is 6.33 Å². The molecule has 2 heterocycles. The first-order valence-electron chi connectivity index (χ1n) is 6.07. The smallest absolute Gasteiger partial charge is 0.115 e. The van der Waals surface area contributed by atoms with Gasteiger partial charge >= 0.3 is 0 Å². The summed E-state index contributed by atoms with van der Waals surface area (Å²) in [5.41, 5.74) is 2.11. The molecule has 2 aromatic rings. The highest BCUT2D eigenvalue weighted by Gasteiger charge is 2.36. The van der Waals surface area contributed by atoms with Crippen LogP contribution < -0.4 is 5.32 Å². The largest absolute Gasteiger partial charge is 0.373 e. The molecule has 1 aromatic carbocycles. The van der Waals surface area contributed by atoms with E-state index in [1.54, 1.807) is 18.1 Å². The van der Waals surface area contributed by atoms with E-state index >= 15 is 0 Å². The molecule has 1 N–H and O–H groups in total. The van der Waals surface area contributed by atoms with Gasteiger partial charge in [0.2, 0.25) is 0 Å². The summed E-state index contributed by atoms with van der Waals surface area (Å²) in [6.07, 6.45) is 5.61. The molecule has 0 fully saturated rings. The standard InChI is InChI=1S/C14H15N3S2/c1-14(8-19-12-7-15-9-16-13(12)14)17-10-3-5-11(18-2)6-4-10/h3-7,9,17H,8H2,1-2H3. The molecular formula is C14H15N3S2. The number of fused-ring (bicyclic) bond motifs is 1. The second kappa shape index (κ2) is 5.06. The quantitative estimate of drug-likeness (QED) is 0.873. The third-order valence-electron chi connectivity index (χ3n) is 3.23. The van der Waals surface area contributed by atoms with Crippen LogP contribution in [0.3, 0.4) is 0 Å². The Hall–Kier alpha value is -1.20. The van der Waals surface area contributed by atoms with Crippen molar-refractivity contribution in [3.8, 4) is 0 Å². The molecule has 1 atom stereocenters. The van der Waals surface area contributed by atoms with Gasteiger partial charge in [-0.05, 0) is 37.4 Å². The maximum Gasteiger partial charge on any atom is 0.115 e. The summed E-state index contributed by atoms with van der Waals surface area (Å²) in [4.78, 5) is 11.0. The summed E-state index contributed by atoms with van der Waals surface area (Å²) in [6, 6.07) is 8.53. The highest BCUT2D eigenvalue weighted by molar-refractivity contribution is 7.99. The second-order valence-electron chi connectivity index (χ2n) is 4.71. The molecule has 3 rings (SSSR count). The topological polar surface area (TPSA) is 37.8 Å². The number of benzene rings is 1. The van der Waals surface area contributed by atoms with Gasteiger partial charge in [0.25, 0.3) is 0 Å². The predicted octanol–water partition coefficient (Wildman–Crippen LogP) is 3.63.